The molecule has 1 atom stereocenters. The van der Waals surface area contributed by atoms with Crippen molar-refractivity contribution in [3.63, 3.8) is 0 Å². The van der Waals surface area contributed by atoms with Gasteiger partial charge in [-0.3, -0.25) is 19.2 Å². The average molecular weight is 396 g/mol. The number of para-hydroxylation sites is 1. The first-order chi connectivity index (χ1) is 13.6. The van der Waals surface area contributed by atoms with Gasteiger partial charge in [0.15, 0.2) is 12.4 Å². The number of ether oxygens (including phenoxy) is 1. The fraction of sp³-hybridized carbons (Fsp3) is 0.250. The van der Waals surface area contributed by atoms with Crippen molar-refractivity contribution in [1.82, 2.24) is 15.1 Å². The monoisotopic (exact) mass is 396 g/mol. The van der Waals surface area contributed by atoms with E-state index in [-0.39, 0.29) is 24.5 Å². The van der Waals surface area contributed by atoms with E-state index in [4.69, 9.17) is 4.74 Å². The van der Waals surface area contributed by atoms with E-state index >= 15 is 0 Å². The Morgan fingerprint density at radius 3 is 2.86 bits per heavy atom. The maximum Gasteiger partial charge on any atom is 0.260 e. The number of rotatable bonds is 5. The van der Waals surface area contributed by atoms with Crippen LogP contribution in [0.3, 0.4) is 0 Å². The molecule has 2 amide bonds. The minimum Gasteiger partial charge on any atom is -0.484 e. The van der Waals surface area contributed by atoms with E-state index in [0.717, 1.165) is 5.56 Å². The van der Waals surface area contributed by atoms with Crippen molar-refractivity contribution in [2.75, 3.05) is 18.1 Å². The molecule has 0 unspecified atom stereocenters. The van der Waals surface area contributed by atoms with E-state index in [1.807, 2.05) is 48.3 Å². The second-order valence-corrected chi connectivity index (χ2v) is 7.34. The molecule has 1 aliphatic heterocycles. The van der Waals surface area contributed by atoms with Gasteiger partial charge in [0.1, 0.15) is 5.75 Å². The molecule has 1 aliphatic rings. The largest absolute Gasteiger partial charge is 0.484 e. The zero-order valence-electron chi connectivity index (χ0n) is 15.4. The van der Waals surface area contributed by atoms with Crippen LogP contribution in [0, 0.1) is 0 Å². The molecule has 0 fully saturated rings. The van der Waals surface area contributed by atoms with Crippen LogP contribution >= 0.6 is 11.3 Å². The summed E-state index contributed by atoms with van der Waals surface area (Å²) in [6.07, 6.45) is 2.47. The zero-order chi connectivity index (χ0) is 19.5. The number of thiophene rings is 1. The normalized spacial score (nSPS) is 15.8. The SMILES string of the molecule is Cn1cc2c(n1)N(C(=O)c1ccsc1)CC[C@H]2NC(=O)COc1ccccc1. The second-order valence-electron chi connectivity index (χ2n) is 6.56. The lowest BCUT2D eigenvalue weighted by Crippen LogP contribution is -2.41. The third-order valence-corrected chi connectivity index (χ3v) is 5.25. The smallest absolute Gasteiger partial charge is 0.260 e. The minimum atomic E-state index is -0.207. The summed E-state index contributed by atoms with van der Waals surface area (Å²) in [6.45, 7) is 0.427. The van der Waals surface area contributed by atoms with E-state index < -0.39 is 0 Å². The Morgan fingerprint density at radius 1 is 1.29 bits per heavy atom. The van der Waals surface area contributed by atoms with Crippen LogP contribution in [0.2, 0.25) is 0 Å². The van der Waals surface area contributed by atoms with Crippen LogP contribution in [0.5, 0.6) is 5.75 Å². The molecule has 4 rings (SSSR count). The number of benzene rings is 1. The summed E-state index contributed by atoms with van der Waals surface area (Å²) in [6, 6.07) is 10.8. The molecule has 8 heteroatoms. The second kappa shape index (κ2) is 7.85. The van der Waals surface area contributed by atoms with Crippen LogP contribution in [0.4, 0.5) is 5.82 Å². The number of carbonyl (C=O) groups excluding carboxylic acids is 2. The molecule has 2 aromatic heterocycles. The van der Waals surface area contributed by atoms with Gasteiger partial charge in [0.2, 0.25) is 0 Å². The van der Waals surface area contributed by atoms with Crippen molar-refractivity contribution < 1.29 is 14.3 Å². The summed E-state index contributed by atoms with van der Waals surface area (Å²) in [7, 11) is 1.81. The highest BCUT2D eigenvalue weighted by Gasteiger charge is 2.33. The van der Waals surface area contributed by atoms with Gasteiger partial charge in [0.05, 0.1) is 11.6 Å². The third-order valence-electron chi connectivity index (χ3n) is 4.57. The fourth-order valence-electron chi connectivity index (χ4n) is 3.26. The van der Waals surface area contributed by atoms with Gasteiger partial charge in [-0.25, -0.2) is 0 Å². The molecule has 3 heterocycles. The molecular weight excluding hydrogens is 376 g/mol. The zero-order valence-corrected chi connectivity index (χ0v) is 16.2. The van der Waals surface area contributed by atoms with Gasteiger partial charge in [-0.1, -0.05) is 18.2 Å². The molecule has 0 aliphatic carbocycles. The van der Waals surface area contributed by atoms with Crippen molar-refractivity contribution in [3.8, 4) is 5.75 Å². The van der Waals surface area contributed by atoms with E-state index in [1.165, 1.54) is 11.3 Å². The lowest BCUT2D eigenvalue weighted by molar-refractivity contribution is -0.123. The maximum absolute atomic E-state index is 12.8. The Morgan fingerprint density at radius 2 is 2.11 bits per heavy atom. The van der Waals surface area contributed by atoms with Crippen molar-refractivity contribution in [1.29, 1.82) is 0 Å². The van der Waals surface area contributed by atoms with Crippen molar-refractivity contribution in [3.05, 3.63) is 64.5 Å². The summed E-state index contributed by atoms with van der Waals surface area (Å²) >= 11 is 1.49. The Kier molecular flexibility index (Phi) is 5.12. The molecule has 1 N–H and O–H groups in total. The quantitative estimate of drug-likeness (QED) is 0.720. The molecule has 1 aromatic carbocycles. The number of amides is 2. The first-order valence-corrected chi connectivity index (χ1v) is 9.91. The number of nitrogens with one attached hydrogen (secondary N) is 1. The summed E-state index contributed by atoms with van der Waals surface area (Å²) in [5, 5.41) is 11.2. The number of carbonyl (C=O) groups is 2. The Bertz CT molecular complexity index is 969. The van der Waals surface area contributed by atoms with Crippen LogP contribution in [0.15, 0.2) is 53.4 Å². The Balaban J connectivity index is 1.46. The lowest BCUT2D eigenvalue weighted by Gasteiger charge is -2.31. The van der Waals surface area contributed by atoms with E-state index in [0.29, 0.717) is 30.1 Å². The van der Waals surface area contributed by atoms with Crippen LogP contribution in [-0.4, -0.2) is 34.7 Å². The standard InChI is InChI=1S/C20H20N4O3S/c1-23-11-16-17(21-18(25)12-27-15-5-3-2-4-6-15)7-9-24(19(16)22-23)20(26)14-8-10-28-13-14/h2-6,8,10-11,13,17H,7,9,12H2,1H3,(H,21,25)/t17-/m1/s1. The number of nitrogens with zero attached hydrogens (tertiary/aromatic N) is 3. The molecule has 7 nitrogen and oxygen atoms in total. The highest BCUT2D eigenvalue weighted by atomic mass is 32.1. The van der Waals surface area contributed by atoms with Crippen LogP contribution < -0.4 is 15.0 Å². The van der Waals surface area contributed by atoms with Gasteiger partial charge >= 0.3 is 0 Å². The summed E-state index contributed by atoms with van der Waals surface area (Å²) in [5.74, 6) is 0.967. The first kappa shape index (κ1) is 18.2. The molecule has 0 saturated heterocycles. The van der Waals surface area contributed by atoms with E-state index in [9.17, 15) is 9.59 Å². The number of aromatic nitrogens is 2. The van der Waals surface area contributed by atoms with Crippen molar-refractivity contribution in [2.24, 2.45) is 7.05 Å². The molecule has 0 radical (unpaired) electrons. The topological polar surface area (TPSA) is 76.5 Å². The molecule has 0 saturated carbocycles. The van der Waals surface area contributed by atoms with Crippen molar-refractivity contribution >= 4 is 29.0 Å². The highest BCUT2D eigenvalue weighted by Crippen LogP contribution is 2.33. The molecule has 0 bridgehead atoms. The number of aryl methyl sites for hydroxylation is 1. The van der Waals surface area contributed by atoms with Crippen LogP contribution in [-0.2, 0) is 11.8 Å². The lowest BCUT2D eigenvalue weighted by atomic mass is 10.0. The van der Waals surface area contributed by atoms with Gasteiger partial charge in [0, 0.05) is 30.7 Å². The predicted octanol–water partition coefficient (Wildman–Crippen LogP) is 2.77. The van der Waals surface area contributed by atoms with Gasteiger partial charge < -0.3 is 10.1 Å². The maximum atomic E-state index is 12.8. The Hall–Kier alpha value is -3.13. The van der Waals surface area contributed by atoms with E-state index in [1.54, 1.807) is 21.7 Å². The molecule has 144 valence electrons. The molecular formula is C20H20N4O3S. The number of fused-ring (bicyclic) bond motifs is 1. The molecule has 3 aromatic rings. The van der Waals surface area contributed by atoms with Gasteiger partial charge in [0.25, 0.3) is 11.8 Å². The van der Waals surface area contributed by atoms with Crippen LogP contribution in [0.1, 0.15) is 28.4 Å². The summed E-state index contributed by atoms with van der Waals surface area (Å²) in [4.78, 5) is 26.8. The Labute approximate surface area is 166 Å². The minimum absolute atomic E-state index is 0.0618. The predicted molar refractivity (Wildman–Crippen MR) is 107 cm³/mol. The van der Waals surface area contributed by atoms with Crippen molar-refractivity contribution in [2.45, 2.75) is 12.5 Å². The van der Waals surface area contributed by atoms with E-state index in [2.05, 4.69) is 10.4 Å². The summed E-state index contributed by atoms with van der Waals surface area (Å²) < 4.78 is 7.18. The number of hydrogen-bond acceptors (Lipinski definition) is 5. The fourth-order valence-corrected chi connectivity index (χ4v) is 3.89. The highest BCUT2D eigenvalue weighted by molar-refractivity contribution is 7.08. The van der Waals surface area contributed by atoms with Gasteiger partial charge in [-0.15, -0.1) is 0 Å². The average Bonchev–Trinajstić information content (AvgIpc) is 3.36. The van der Waals surface area contributed by atoms with Crippen LogP contribution in [0.25, 0.3) is 0 Å². The first-order valence-electron chi connectivity index (χ1n) is 8.96. The number of anilines is 1. The third kappa shape index (κ3) is 3.77. The number of hydrogen-bond donors (Lipinski definition) is 1. The van der Waals surface area contributed by atoms with Gasteiger partial charge in [-0.05, 0) is 30.0 Å². The summed E-state index contributed by atoms with van der Waals surface area (Å²) in [5.41, 5.74) is 1.49. The molecule has 0 spiro atoms. The van der Waals surface area contributed by atoms with Gasteiger partial charge in [-0.2, -0.15) is 16.4 Å². The molecule has 28 heavy (non-hydrogen) atoms.